The van der Waals surface area contributed by atoms with Gasteiger partial charge in [0.15, 0.2) is 0 Å². The van der Waals surface area contributed by atoms with E-state index in [-0.39, 0.29) is 44.4 Å². The molecule has 0 rings (SSSR count). The van der Waals surface area contributed by atoms with Crippen molar-refractivity contribution in [2.24, 2.45) is 0 Å². The molecule has 0 aliphatic rings. The van der Waals surface area contributed by atoms with Crippen LogP contribution in [0, 0.1) is 0 Å². The van der Waals surface area contributed by atoms with E-state index < -0.39 is 15.2 Å². The number of thioether (sulfide) groups is 1. The van der Waals surface area contributed by atoms with Crippen LogP contribution in [0.5, 0.6) is 0 Å². The molecule has 0 heterocycles. The average molecular weight is 269 g/mol. The summed E-state index contributed by atoms with van der Waals surface area (Å²) in [5.41, 5.74) is 0. The molecule has 0 amide bonds. The summed E-state index contributed by atoms with van der Waals surface area (Å²) in [6, 6.07) is 0. The average Bonchev–Trinajstić information content (AvgIpc) is 1.80. The van der Waals surface area contributed by atoms with E-state index in [1.165, 1.54) is 0 Å². The Bertz CT molecular complexity index is 241. The van der Waals surface area contributed by atoms with Crippen LogP contribution in [0.25, 0.3) is 0 Å². The maximum atomic E-state index is 10.1. The molecule has 8 heteroatoms. The monoisotopic (exact) mass is 269 g/mol. The van der Waals surface area contributed by atoms with Crippen LogP contribution in [0.1, 0.15) is 14.9 Å². The topological polar surface area (TPSA) is 60.4 Å². The first kappa shape index (κ1) is 24.4. The molecule has 0 fully saturated rings. The van der Waals surface area contributed by atoms with Crippen LogP contribution in [0.3, 0.4) is 0 Å². The Morgan fingerprint density at radius 2 is 1.79 bits per heavy atom. The summed E-state index contributed by atoms with van der Waals surface area (Å²) >= 11 is 5.58. The van der Waals surface area contributed by atoms with Crippen molar-refractivity contribution < 1.29 is 42.5 Å². The normalized spacial score (nSPS) is 8.79. The largest absolute Gasteiger partial charge is 1.00 e. The Morgan fingerprint density at radius 3 is 2.00 bits per heavy atom. The summed E-state index contributed by atoms with van der Waals surface area (Å²) in [6.45, 7) is 0. The van der Waals surface area contributed by atoms with Crippen molar-refractivity contribution in [3.8, 4) is 0 Å². The van der Waals surface area contributed by atoms with Gasteiger partial charge in [0.2, 0.25) is 0 Å². The molecule has 0 unspecified atom stereocenters. The van der Waals surface area contributed by atoms with E-state index in [9.17, 15) is 13.0 Å². The Labute approximate surface area is 119 Å². The predicted molar refractivity (Wildman–Crippen MR) is 61.9 cm³/mol. The van der Waals surface area contributed by atoms with E-state index in [0.717, 1.165) is 11.8 Å². The van der Waals surface area contributed by atoms with Crippen molar-refractivity contribution in [1.82, 2.24) is 4.90 Å². The van der Waals surface area contributed by atoms with Crippen LogP contribution < -0.4 is 29.6 Å². The second-order valence-corrected chi connectivity index (χ2v) is 5.36. The van der Waals surface area contributed by atoms with Gasteiger partial charge in [-0.2, -0.15) is 0 Å². The van der Waals surface area contributed by atoms with Gasteiger partial charge in [-0.15, -0.1) is 0 Å². The first-order chi connectivity index (χ1) is 4.83. The van der Waals surface area contributed by atoms with Gasteiger partial charge in [-0.3, -0.25) is 0 Å². The summed E-state index contributed by atoms with van der Waals surface area (Å²) < 4.78 is 30.7. The molecular weight excluding hydrogens is 253 g/mol. The van der Waals surface area contributed by atoms with Gasteiger partial charge in [-0.25, -0.2) is 8.42 Å². The second-order valence-electron chi connectivity index (χ2n) is 1.98. The van der Waals surface area contributed by atoms with E-state index >= 15 is 0 Å². The van der Waals surface area contributed by atoms with Gasteiger partial charge in [0.05, 0.1) is 5.08 Å². The van der Waals surface area contributed by atoms with E-state index in [0.29, 0.717) is 4.32 Å². The molecule has 0 spiro atoms. The molecule has 0 aliphatic carbocycles. The zero-order chi connectivity index (χ0) is 9.07. The van der Waals surface area contributed by atoms with Gasteiger partial charge in [0.25, 0.3) is 0 Å². The maximum Gasteiger partial charge on any atom is 1.00 e. The Hall–Kier alpha value is 1.15. The minimum Gasteiger partial charge on any atom is -0.747 e. The van der Waals surface area contributed by atoms with Crippen LogP contribution in [-0.4, -0.2) is 41.4 Å². The van der Waals surface area contributed by atoms with E-state index in [1.54, 1.807) is 19.0 Å². The zero-order valence-corrected chi connectivity index (χ0v) is 11.6. The zero-order valence-electron chi connectivity index (χ0n) is 7.10. The van der Waals surface area contributed by atoms with Gasteiger partial charge >= 0.3 is 29.6 Å². The smallest absolute Gasteiger partial charge is 0.747 e. The fraction of sp³-hybridized carbons (Fsp3) is 0.833. The fourth-order valence-corrected chi connectivity index (χ4v) is 1.92. The van der Waals surface area contributed by atoms with E-state index in [4.69, 9.17) is 12.2 Å². The van der Waals surface area contributed by atoms with Crippen molar-refractivity contribution in [1.29, 1.82) is 0 Å². The van der Waals surface area contributed by atoms with E-state index in [1.807, 2.05) is 0 Å². The first-order valence-corrected chi connectivity index (χ1v) is 5.57. The maximum absolute atomic E-state index is 10.1. The molecule has 0 bridgehead atoms. The molecule has 0 aliphatic heterocycles. The molecule has 82 valence electrons. The summed E-state index contributed by atoms with van der Waals surface area (Å²) in [4.78, 5) is 1.57. The second kappa shape index (κ2) is 10.7. The minimum atomic E-state index is -4.15. The Morgan fingerprint density at radius 1 is 1.43 bits per heavy atom. The predicted octanol–water partition coefficient (Wildman–Crippen LogP) is -1.65. The van der Waals surface area contributed by atoms with Crippen molar-refractivity contribution in [3.63, 3.8) is 0 Å². The number of hydrogen-bond donors (Lipinski definition) is 0. The number of hydrogen-bond acceptors (Lipinski definition) is 5. The number of thiocarbonyl (C=S) groups is 1. The van der Waals surface area contributed by atoms with Gasteiger partial charge in [-0.1, -0.05) is 38.8 Å². The molecule has 0 aromatic carbocycles. The molecule has 0 radical (unpaired) electrons. The van der Waals surface area contributed by atoms with Crippen molar-refractivity contribution in [2.75, 3.05) is 19.2 Å². The number of nitrogens with zero attached hydrogens (tertiary/aromatic N) is 1. The summed E-state index contributed by atoms with van der Waals surface area (Å²) in [7, 11) is -0.779. The summed E-state index contributed by atoms with van der Waals surface area (Å²) in [5.74, 6) is 0. The van der Waals surface area contributed by atoms with Crippen LogP contribution in [0.15, 0.2) is 0 Å². The third-order valence-electron chi connectivity index (χ3n) is 0.692. The molecule has 0 saturated carbocycles. The Balaban J connectivity index is -0.000000167. The van der Waals surface area contributed by atoms with Gasteiger partial charge in [0, 0.05) is 14.1 Å². The molecular formula is C6H16NNaO3S3. The number of rotatable bonds is 2. The molecule has 4 nitrogen and oxygen atoms in total. The Kier molecular flexibility index (Phi) is 18.6. The quantitative estimate of drug-likeness (QED) is 0.340. The molecule has 0 saturated heterocycles. The van der Waals surface area contributed by atoms with Crippen LogP contribution in [-0.2, 0) is 10.1 Å². The standard InChI is InChI=1S/C4H9NO3S3.2CH4.Na/c1-5(2)4(9)10-3-11(6,7)8;;;/h3H2,1-2H3,(H,6,7,8);2*1H4;/q;;;+1/p-1. The minimum absolute atomic E-state index is 0. The van der Waals surface area contributed by atoms with Crippen molar-refractivity contribution >= 4 is 38.4 Å². The summed E-state index contributed by atoms with van der Waals surface area (Å²) in [6.07, 6.45) is 0. The van der Waals surface area contributed by atoms with Crippen LogP contribution in [0.2, 0.25) is 0 Å². The molecule has 0 aromatic heterocycles. The van der Waals surface area contributed by atoms with Gasteiger partial charge in [-0.05, 0) is 0 Å². The van der Waals surface area contributed by atoms with Crippen molar-refractivity contribution in [2.45, 2.75) is 14.9 Å². The van der Waals surface area contributed by atoms with Crippen LogP contribution in [0.4, 0.5) is 0 Å². The van der Waals surface area contributed by atoms with Gasteiger partial charge in [0.1, 0.15) is 14.4 Å². The van der Waals surface area contributed by atoms with Gasteiger partial charge < -0.3 is 9.45 Å². The molecule has 14 heavy (non-hydrogen) atoms. The van der Waals surface area contributed by atoms with E-state index in [2.05, 4.69) is 0 Å². The van der Waals surface area contributed by atoms with Crippen molar-refractivity contribution in [3.05, 3.63) is 0 Å². The third-order valence-corrected chi connectivity index (χ3v) is 3.65. The third kappa shape index (κ3) is 15.6. The molecule has 0 atom stereocenters. The first-order valence-electron chi connectivity index (χ1n) is 2.60. The van der Waals surface area contributed by atoms with Crippen LogP contribution >= 0.6 is 24.0 Å². The SMILES string of the molecule is C.C.CN(C)C(=S)SCS(=O)(=O)[O-].[Na+]. The molecule has 0 N–H and O–H groups in total. The fourth-order valence-electron chi connectivity index (χ4n) is 0.252. The summed E-state index contributed by atoms with van der Waals surface area (Å²) in [5, 5.41) is -0.496. The molecule has 0 aromatic rings.